The number of piperidine rings is 1. The van der Waals surface area contributed by atoms with Crippen molar-refractivity contribution >= 4 is 17.5 Å². The highest BCUT2D eigenvalue weighted by Crippen LogP contribution is 2.48. The third kappa shape index (κ3) is 4.00. The fourth-order valence-corrected chi connectivity index (χ4v) is 5.22. The van der Waals surface area contributed by atoms with E-state index in [0.717, 1.165) is 0 Å². The largest absolute Gasteiger partial charge is 0.493 e. The van der Waals surface area contributed by atoms with Crippen molar-refractivity contribution in [3.63, 3.8) is 0 Å². The Morgan fingerprint density at radius 2 is 1.63 bits per heavy atom. The number of hydrogen-bond donors (Lipinski definition) is 0. The Hall–Kier alpha value is -3.55. The van der Waals surface area contributed by atoms with Gasteiger partial charge in [-0.2, -0.15) is 0 Å². The molecular weight excluding hydrogens is 450 g/mol. The minimum Gasteiger partial charge on any atom is -0.493 e. The molecule has 1 saturated heterocycles. The molecule has 2 aromatic carbocycles. The van der Waals surface area contributed by atoms with Crippen molar-refractivity contribution < 1.29 is 33.3 Å². The summed E-state index contributed by atoms with van der Waals surface area (Å²) in [6.07, 6.45) is 1.53. The summed E-state index contributed by atoms with van der Waals surface area (Å²) in [4.78, 5) is 40.6. The summed E-state index contributed by atoms with van der Waals surface area (Å²) in [5.74, 6) is 1.63. The van der Waals surface area contributed by atoms with Gasteiger partial charge in [0.1, 0.15) is 17.0 Å². The van der Waals surface area contributed by atoms with E-state index in [9.17, 15) is 14.4 Å². The maximum Gasteiger partial charge on any atom is 0.253 e. The van der Waals surface area contributed by atoms with Crippen molar-refractivity contribution in [3.8, 4) is 23.0 Å². The highest BCUT2D eigenvalue weighted by Gasteiger charge is 2.45. The van der Waals surface area contributed by atoms with Crippen LogP contribution in [0.15, 0.2) is 30.3 Å². The van der Waals surface area contributed by atoms with E-state index in [0.29, 0.717) is 65.6 Å². The van der Waals surface area contributed by atoms with Crippen molar-refractivity contribution in [2.75, 3.05) is 27.3 Å². The molecule has 3 aliphatic heterocycles. The number of rotatable bonds is 3. The minimum atomic E-state index is -0.703. The molecule has 0 radical (unpaired) electrons. The lowest BCUT2D eigenvalue weighted by Gasteiger charge is -2.44. The number of ketones is 2. The predicted octanol–water partition coefficient (Wildman–Crippen LogP) is 4.09. The first-order valence-electron chi connectivity index (χ1n) is 11.8. The minimum absolute atomic E-state index is 0.0110. The monoisotopic (exact) mass is 479 g/mol. The first-order chi connectivity index (χ1) is 16.6. The maximum absolute atomic E-state index is 13.3. The number of benzene rings is 2. The molecule has 2 aromatic rings. The van der Waals surface area contributed by atoms with Gasteiger partial charge in [-0.05, 0) is 44.2 Å². The molecule has 0 aromatic heterocycles. The van der Waals surface area contributed by atoms with E-state index in [4.69, 9.17) is 18.9 Å². The first-order valence-corrected chi connectivity index (χ1v) is 11.8. The molecule has 184 valence electrons. The Morgan fingerprint density at radius 3 is 2.31 bits per heavy atom. The molecule has 0 atom stereocenters. The lowest BCUT2D eigenvalue weighted by molar-refractivity contribution is -0.00746. The van der Waals surface area contributed by atoms with Crippen LogP contribution in [0.5, 0.6) is 23.0 Å². The second-order valence-electron chi connectivity index (χ2n) is 10.0. The van der Waals surface area contributed by atoms with Crippen LogP contribution in [0, 0.1) is 0 Å². The number of likely N-dealkylation sites (tertiary alicyclic amines) is 1. The van der Waals surface area contributed by atoms with E-state index in [-0.39, 0.29) is 30.3 Å². The van der Waals surface area contributed by atoms with E-state index >= 15 is 0 Å². The molecule has 0 aliphatic carbocycles. The topological polar surface area (TPSA) is 91.4 Å². The zero-order chi connectivity index (χ0) is 25.0. The normalized spacial score (nSPS) is 19.8. The predicted molar refractivity (Wildman–Crippen MR) is 127 cm³/mol. The lowest BCUT2D eigenvalue weighted by Crippen LogP contribution is -2.52. The molecule has 8 nitrogen and oxygen atoms in total. The Labute approximate surface area is 204 Å². The second kappa shape index (κ2) is 8.29. The van der Waals surface area contributed by atoms with Gasteiger partial charge in [0.2, 0.25) is 5.75 Å². The van der Waals surface area contributed by atoms with Crippen LogP contribution in [0.25, 0.3) is 0 Å². The van der Waals surface area contributed by atoms with Crippen molar-refractivity contribution in [3.05, 3.63) is 47.0 Å². The van der Waals surface area contributed by atoms with E-state index < -0.39 is 11.2 Å². The third-order valence-corrected chi connectivity index (χ3v) is 7.06. The summed E-state index contributed by atoms with van der Waals surface area (Å²) in [5.41, 5.74) is 0.123. The van der Waals surface area contributed by atoms with Crippen LogP contribution in [-0.2, 0) is 0 Å². The fourth-order valence-electron chi connectivity index (χ4n) is 5.22. The van der Waals surface area contributed by atoms with Crippen LogP contribution in [-0.4, -0.2) is 60.9 Å². The van der Waals surface area contributed by atoms with Crippen LogP contribution in [0.2, 0.25) is 0 Å². The summed E-state index contributed by atoms with van der Waals surface area (Å²) in [6.45, 7) is 4.61. The SMILES string of the molecule is COc1ccc2c(c1OC)OC1(CCN(C(=O)c3ccc4c(c3)C(=O)CC(C)(C)O4)CC1)CC2=O. The number of Topliss-reactive ketones (excluding diaryl/α,β-unsaturated/α-hetero) is 2. The molecule has 1 amide bonds. The number of methoxy groups -OCH3 is 2. The van der Waals surface area contributed by atoms with E-state index in [1.807, 2.05) is 13.8 Å². The molecule has 8 heteroatoms. The Morgan fingerprint density at radius 1 is 0.914 bits per heavy atom. The van der Waals surface area contributed by atoms with Gasteiger partial charge in [-0.25, -0.2) is 0 Å². The number of fused-ring (bicyclic) bond motifs is 2. The summed E-state index contributed by atoms with van der Waals surface area (Å²) in [6, 6.07) is 8.44. The van der Waals surface area contributed by atoms with Crippen LogP contribution in [0.3, 0.4) is 0 Å². The van der Waals surface area contributed by atoms with Crippen molar-refractivity contribution in [2.45, 2.75) is 50.7 Å². The van der Waals surface area contributed by atoms with Crippen molar-refractivity contribution in [1.82, 2.24) is 4.90 Å². The number of ether oxygens (including phenoxy) is 4. The average Bonchev–Trinajstić information content (AvgIpc) is 2.82. The molecule has 3 aliphatic rings. The average molecular weight is 480 g/mol. The summed E-state index contributed by atoms with van der Waals surface area (Å²) in [7, 11) is 3.06. The van der Waals surface area contributed by atoms with Gasteiger partial charge < -0.3 is 23.8 Å². The third-order valence-electron chi connectivity index (χ3n) is 7.06. The standard InChI is InChI=1S/C27H29NO7/c1-26(2)14-19(29)18-13-16(5-7-21(18)34-26)25(31)28-11-9-27(10-12-28)15-20(30)17-6-8-22(32-3)24(33-4)23(17)35-27/h5-8,13H,9-12,14-15H2,1-4H3. The van der Waals surface area contributed by atoms with Gasteiger partial charge in [-0.15, -0.1) is 0 Å². The smallest absolute Gasteiger partial charge is 0.253 e. The van der Waals surface area contributed by atoms with Gasteiger partial charge in [0.15, 0.2) is 23.1 Å². The fraction of sp³-hybridized carbons (Fsp3) is 0.444. The van der Waals surface area contributed by atoms with Gasteiger partial charge in [0, 0.05) is 31.5 Å². The Balaban J connectivity index is 1.33. The summed E-state index contributed by atoms with van der Waals surface area (Å²) in [5, 5.41) is 0. The van der Waals surface area contributed by atoms with Gasteiger partial charge in [-0.3, -0.25) is 14.4 Å². The molecule has 3 heterocycles. The van der Waals surface area contributed by atoms with Crippen molar-refractivity contribution in [2.24, 2.45) is 0 Å². The first kappa shape index (κ1) is 23.2. The van der Waals surface area contributed by atoms with Gasteiger partial charge in [0.25, 0.3) is 5.91 Å². The highest BCUT2D eigenvalue weighted by atomic mass is 16.5. The number of carbonyl (C=O) groups excluding carboxylic acids is 3. The van der Waals surface area contributed by atoms with E-state index in [2.05, 4.69) is 0 Å². The Bertz CT molecular complexity index is 1220. The van der Waals surface area contributed by atoms with E-state index in [1.54, 1.807) is 35.2 Å². The van der Waals surface area contributed by atoms with Crippen LogP contribution >= 0.6 is 0 Å². The number of nitrogens with zero attached hydrogens (tertiary/aromatic N) is 1. The van der Waals surface area contributed by atoms with E-state index in [1.165, 1.54) is 14.2 Å². The van der Waals surface area contributed by atoms with Crippen molar-refractivity contribution in [1.29, 1.82) is 0 Å². The second-order valence-corrected chi connectivity index (χ2v) is 10.0. The molecule has 5 rings (SSSR count). The summed E-state index contributed by atoms with van der Waals surface area (Å²) < 4.78 is 23.2. The molecule has 35 heavy (non-hydrogen) atoms. The maximum atomic E-state index is 13.3. The van der Waals surface area contributed by atoms with Gasteiger partial charge >= 0.3 is 0 Å². The van der Waals surface area contributed by atoms with Crippen LogP contribution < -0.4 is 18.9 Å². The molecule has 0 N–H and O–H groups in total. The number of carbonyl (C=O) groups is 3. The molecule has 1 spiro atoms. The highest BCUT2D eigenvalue weighted by molar-refractivity contribution is 6.04. The Kier molecular flexibility index (Phi) is 5.49. The molecule has 1 fully saturated rings. The van der Waals surface area contributed by atoms with Crippen LogP contribution in [0.1, 0.15) is 70.6 Å². The quantitative estimate of drug-likeness (QED) is 0.655. The zero-order valence-electron chi connectivity index (χ0n) is 20.4. The number of hydrogen-bond acceptors (Lipinski definition) is 7. The molecule has 0 saturated carbocycles. The lowest BCUT2D eigenvalue weighted by atomic mass is 9.82. The van der Waals surface area contributed by atoms with Gasteiger partial charge in [-0.1, -0.05) is 0 Å². The van der Waals surface area contributed by atoms with Crippen LogP contribution in [0.4, 0.5) is 0 Å². The zero-order valence-corrected chi connectivity index (χ0v) is 20.4. The summed E-state index contributed by atoms with van der Waals surface area (Å²) >= 11 is 0. The number of amides is 1. The van der Waals surface area contributed by atoms with Gasteiger partial charge in [0.05, 0.1) is 38.2 Å². The molecule has 0 unspecified atom stereocenters. The molecule has 0 bridgehead atoms. The molecular formula is C27H29NO7.